The zero-order valence-corrected chi connectivity index (χ0v) is 16.8. The van der Waals surface area contributed by atoms with Crippen LogP contribution in [0, 0.1) is 5.82 Å². The first-order valence-electron chi connectivity index (χ1n) is 9.17. The topological polar surface area (TPSA) is 61.8 Å². The summed E-state index contributed by atoms with van der Waals surface area (Å²) in [6.45, 7) is 5.39. The second-order valence-corrected chi connectivity index (χ2v) is 8.39. The van der Waals surface area contributed by atoms with E-state index in [-0.39, 0.29) is 11.6 Å². The first-order chi connectivity index (χ1) is 13.4. The van der Waals surface area contributed by atoms with Crippen molar-refractivity contribution in [1.29, 1.82) is 0 Å². The number of aliphatic imine (C=N–C) groups is 1. The first kappa shape index (κ1) is 20.1. The average Bonchev–Trinajstić information content (AvgIpc) is 3.05. The Hall–Kier alpha value is -2.67. The van der Waals surface area contributed by atoms with Crippen LogP contribution in [-0.2, 0) is 22.2 Å². The summed E-state index contributed by atoms with van der Waals surface area (Å²) in [5, 5.41) is 0. The molecule has 1 N–H and O–H groups in total. The molecular weight excluding hydrogens is 377 g/mol. The number of nitrogens with zero attached hydrogens (tertiary/aromatic N) is 2. The summed E-state index contributed by atoms with van der Waals surface area (Å²) >= 11 is 0. The van der Waals surface area contributed by atoms with Gasteiger partial charge in [-0.1, -0.05) is 24.3 Å². The molecule has 0 saturated heterocycles. The van der Waals surface area contributed by atoms with Crippen LogP contribution in [0.5, 0.6) is 0 Å². The van der Waals surface area contributed by atoms with Crippen LogP contribution in [-0.4, -0.2) is 27.7 Å². The summed E-state index contributed by atoms with van der Waals surface area (Å²) in [6, 6.07) is 11.1. The minimum absolute atomic E-state index is 0.206. The number of halogens is 1. The van der Waals surface area contributed by atoms with E-state index in [0.29, 0.717) is 17.8 Å². The number of benzene rings is 2. The van der Waals surface area contributed by atoms with Crippen LogP contribution in [0.1, 0.15) is 25.0 Å². The van der Waals surface area contributed by atoms with Gasteiger partial charge in [-0.15, -0.1) is 0 Å². The van der Waals surface area contributed by atoms with Gasteiger partial charge in [-0.3, -0.25) is 9.71 Å². The standard InChI is InChI=1S/C21H24FN3O2S/c1-3-19(23-4-2)14-25-12-11-17-7-10-20(13-21(17)25)24-28(26,27)15-16-5-8-18(22)9-6-16/h3-10,13,24H,11-12,14-15H2,1-2H3/b19-3-,23-4?. The van der Waals surface area contributed by atoms with Gasteiger partial charge in [-0.05, 0) is 55.7 Å². The van der Waals surface area contributed by atoms with Gasteiger partial charge in [0.15, 0.2) is 0 Å². The maximum absolute atomic E-state index is 13.0. The van der Waals surface area contributed by atoms with Gasteiger partial charge in [0, 0.05) is 18.4 Å². The molecule has 1 aliphatic rings. The van der Waals surface area contributed by atoms with Crippen molar-refractivity contribution in [2.45, 2.75) is 26.0 Å². The number of hydrogen-bond acceptors (Lipinski definition) is 4. The number of rotatable bonds is 7. The maximum Gasteiger partial charge on any atom is 0.236 e. The normalized spacial score (nSPS) is 14.5. The molecule has 0 atom stereocenters. The van der Waals surface area contributed by atoms with Crippen molar-refractivity contribution in [3.63, 3.8) is 0 Å². The molecular formula is C21H24FN3O2S. The highest BCUT2D eigenvalue weighted by Gasteiger charge is 2.21. The largest absolute Gasteiger partial charge is 0.365 e. The van der Waals surface area contributed by atoms with Crippen molar-refractivity contribution in [2.75, 3.05) is 22.7 Å². The second kappa shape index (κ2) is 8.56. The SMILES string of the molecule is CC=N/C(=C\C)CN1CCc2ccc(NS(=O)(=O)Cc3ccc(F)cc3)cc21. The quantitative estimate of drug-likeness (QED) is 0.710. The third kappa shape index (κ3) is 4.98. The molecule has 0 saturated carbocycles. The molecule has 0 bridgehead atoms. The first-order valence-corrected chi connectivity index (χ1v) is 10.8. The predicted molar refractivity (Wildman–Crippen MR) is 113 cm³/mol. The van der Waals surface area contributed by atoms with E-state index in [9.17, 15) is 12.8 Å². The molecule has 0 fully saturated rings. The van der Waals surface area contributed by atoms with Gasteiger partial charge in [0.05, 0.1) is 23.7 Å². The van der Waals surface area contributed by atoms with Crippen LogP contribution in [0.3, 0.4) is 0 Å². The highest BCUT2D eigenvalue weighted by molar-refractivity contribution is 7.91. The highest BCUT2D eigenvalue weighted by atomic mass is 32.2. The third-order valence-electron chi connectivity index (χ3n) is 4.60. The Labute approximate surface area is 165 Å². The van der Waals surface area contributed by atoms with Crippen molar-refractivity contribution in [1.82, 2.24) is 0 Å². The van der Waals surface area contributed by atoms with Crippen molar-refractivity contribution in [3.05, 3.63) is 71.2 Å². The molecule has 2 aromatic carbocycles. The van der Waals surface area contributed by atoms with Gasteiger partial charge in [-0.2, -0.15) is 0 Å². The summed E-state index contributed by atoms with van der Waals surface area (Å²) in [7, 11) is -3.60. The minimum atomic E-state index is -3.60. The van der Waals surface area contributed by atoms with Crippen LogP contribution >= 0.6 is 0 Å². The number of anilines is 2. The number of hydrogen-bond donors (Lipinski definition) is 1. The van der Waals surface area contributed by atoms with Gasteiger partial charge in [0.1, 0.15) is 5.82 Å². The molecule has 28 heavy (non-hydrogen) atoms. The number of allylic oxidation sites excluding steroid dienone is 1. The van der Waals surface area contributed by atoms with Gasteiger partial charge in [0.25, 0.3) is 0 Å². The molecule has 7 heteroatoms. The smallest absolute Gasteiger partial charge is 0.236 e. The van der Waals surface area contributed by atoms with Gasteiger partial charge < -0.3 is 4.90 Å². The zero-order chi connectivity index (χ0) is 20.1. The molecule has 0 aromatic heterocycles. The summed E-state index contributed by atoms with van der Waals surface area (Å²) in [5.74, 6) is -0.595. The van der Waals surface area contributed by atoms with Gasteiger partial charge in [-0.25, -0.2) is 12.8 Å². The molecule has 1 heterocycles. The summed E-state index contributed by atoms with van der Waals surface area (Å²) in [6.07, 6.45) is 4.67. The Bertz CT molecular complexity index is 999. The molecule has 148 valence electrons. The number of nitrogens with one attached hydrogen (secondary N) is 1. The maximum atomic E-state index is 13.0. The second-order valence-electron chi connectivity index (χ2n) is 6.67. The fourth-order valence-corrected chi connectivity index (χ4v) is 4.45. The van der Waals surface area contributed by atoms with Gasteiger partial charge >= 0.3 is 0 Å². The average molecular weight is 402 g/mol. The Morgan fingerprint density at radius 1 is 1.21 bits per heavy atom. The van der Waals surface area contributed by atoms with E-state index in [1.54, 1.807) is 12.3 Å². The molecule has 5 nitrogen and oxygen atoms in total. The Morgan fingerprint density at radius 2 is 1.96 bits per heavy atom. The molecule has 0 unspecified atom stereocenters. The van der Waals surface area contributed by atoms with Gasteiger partial charge in [0.2, 0.25) is 10.0 Å². The summed E-state index contributed by atoms with van der Waals surface area (Å²) < 4.78 is 40.6. The van der Waals surface area contributed by atoms with Crippen molar-refractivity contribution >= 4 is 27.6 Å². The van der Waals surface area contributed by atoms with Crippen LogP contribution in [0.2, 0.25) is 0 Å². The van der Waals surface area contributed by atoms with E-state index in [2.05, 4.69) is 14.6 Å². The molecule has 0 radical (unpaired) electrons. The molecule has 3 rings (SSSR count). The lowest BCUT2D eigenvalue weighted by atomic mass is 10.1. The van der Waals surface area contributed by atoms with E-state index >= 15 is 0 Å². The van der Waals surface area contributed by atoms with Crippen molar-refractivity contribution in [3.8, 4) is 0 Å². The summed E-state index contributed by atoms with van der Waals surface area (Å²) in [4.78, 5) is 6.57. The zero-order valence-electron chi connectivity index (χ0n) is 16.0. The van der Waals surface area contributed by atoms with E-state index in [0.717, 1.165) is 24.4 Å². The third-order valence-corrected chi connectivity index (χ3v) is 5.86. The lowest BCUT2D eigenvalue weighted by Gasteiger charge is -2.20. The lowest BCUT2D eigenvalue weighted by molar-refractivity contribution is 0.600. The number of fused-ring (bicyclic) bond motifs is 1. The molecule has 2 aromatic rings. The molecule has 0 spiro atoms. The monoisotopic (exact) mass is 401 g/mol. The minimum Gasteiger partial charge on any atom is -0.365 e. The fourth-order valence-electron chi connectivity index (χ4n) is 3.26. The van der Waals surface area contributed by atoms with E-state index in [1.165, 1.54) is 29.8 Å². The van der Waals surface area contributed by atoms with Crippen LogP contribution < -0.4 is 9.62 Å². The molecule has 0 amide bonds. The van der Waals surface area contributed by atoms with Crippen LogP contribution in [0.25, 0.3) is 0 Å². The highest BCUT2D eigenvalue weighted by Crippen LogP contribution is 2.32. The van der Waals surface area contributed by atoms with E-state index < -0.39 is 10.0 Å². The molecule has 1 aliphatic heterocycles. The Kier molecular flexibility index (Phi) is 6.14. The van der Waals surface area contributed by atoms with E-state index in [1.807, 2.05) is 32.1 Å². The number of sulfonamides is 1. The predicted octanol–water partition coefficient (Wildman–Crippen LogP) is 4.12. The van der Waals surface area contributed by atoms with E-state index in [4.69, 9.17) is 0 Å². The molecule has 0 aliphatic carbocycles. The summed E-state index contributed by atoms with van der Waals surface area (Å²) in [5.41, 5.74) is 4.24. The van der Waals surface area contributed by atoms with Crippen molar-refractivity contribution in [2.24, 2.45) is 4.99 Å². The Morgan fingerprint density at radius 3 is 2.64 bits per heavy atom. The van der Waals surface area contributed by atoms with Crippen molar-refractivity contribution < 1.29 is 12.8 Å². The lowest BCUT2D eigenvalue weighted by Crippen LogP contribution is -2.23. The van der Waals surface area contributed by atoms with Crippen LogP contribution in [0.4, 0.5) is 15.8 Å². The fraction of sp³-hybridized carbons (Fsp3) is 0.286. The van der Waals surface area contributed by atoms with Crippen LogP contribution in [0.15, 0.2) is 59.2 Å². The Balaban J connectivity index is 1.75.